The molecule has 486 valence electrons. The Kier molecular flexibility index (Phi) is 17.1. The van der Waals surface area contributed by atoms with Crippen molar-refractivity contribution in [1.82, 2.24) is 18.0 Å². The van der Waals surface area contributed by atoms with Gasteiger partial charge in [-0.25, -0.2) is 47.2 Å². The van der Waals surface area contributed by atoms with Gasteiger partial charge in [0.1, 0.15) is 37.1 Å². The highest BCUT2D eigenvalue weighted by Gasteiger charge is 2.47. The van der Waals surface area contributed by atoms with Crippen molar-refractivity contribution in [2.75, 3.05) is 25.1 Å². The zero-order valence-electron chi connectivity index (χ0n) is 51.0. The van der Waals surface area contributed by atoms with E-state index in [1.165, 1.54) is 77.4 Å². The lowest BCUT2D eigenvalue weighted by Crippen LogP contribution is -2.43. The summed E-state index contributed by atoms with van der Waals surface area (Å²) in [7, 11) is -9.97. The third-order valence-electron chi connectivity index (χ3n) is 17.7. The molecule has 0 atom stereocenters. The molecule has 0 bridgehead atoms. The fourth-order valence-corrected chi connectivity index (χ4v) is 18.3. The highest BCUT2D eigenvalue weighted by atomic mass is 32.2. The molecule has 0 fully saturated rings. The summed E-state index contributed by atoms with van der Waals surface area (Å²) in [5.41, 5.74) is 7.83. The number of carboxylic acid groups (broad SMARTS) is 3. The number of likely N-dealkylation sites (N-methyl/N-ethyl adjacent to an activating group) is 1. The number of aromatic nitrogens is 3. The largest absolute Gasteiger partial charge is 0.480 e. The maximum absolute atomic E-state index is 14.7. The molecule has 12 rings (SSSR count). The highest BCUT2D eigenvalue weighted by molar-refractivity contribution is 7.92. The molecular formula is C66H63F7N4O12S3. The van der Waals surface area contributed by atoms with Gasteiger partial charge in [0.05, 0.1) is 32.7 Å². The Bertz CT molecular complexity index is 4980. The van der Waals surface area contributed by atoms with Gasteiger partial charge in [-0.2, -0.15) is 13.1 Å². The van der Waals surface area contributed by atoms with Crippen LogP contribution in [0.1, 0.15) is 98.5 Å². The third kappa shape index (κ3) is 12.3. The van der Waals surface area contributed by atoms with E-state index in [4.69, 9.17) is 0 Å². The molecule has 3 aliphatic rings. The first-order valence-corrected chi connectivity index (χ1v) is 33.5. The number of carboxylic acids is 3. The molecular weight excluding hydrogens is 1270 g/mol. The van der Waals surface area contributed by atoms with Crippen molar-refractivity contribution in [3.05, 3.63) is 193 Å². The zero-order chi connectivity index (χ0) is 67.4. The Hall–Kier alpha value is -8.33. The van der Waals surface area contributed by atoms with Crippen LogP contribution in [0.15, 0.2) is 112 Å². The standard InChI is InChI=1S/C22H21F3N2O4S.C22H20F3NO4S.C22H22FNO4S/c1-12-6-20-18(22(24,25)11-26(3)32(20,30)31)8-14(12)7-16-13(2)27(10-21(28)29)19-5-4-15(23)9-17(16)19;1-12-7-20-18(22(24,25)5-6-31(20,29)30)9-14(12)8-16-13(2)26(11-21(27)28)19-4-3-15(23)10-17(16)19;1-13-16(17-10-15(23)5-6-19(17)24(13)11-21(25)26)8-14-4-7-20-18(9-14)22(2,3)12-29(20,27)28/h4-6,8-9H,7,10-11H2,1-3H3,(H,28,29);3-4,7,9-10H,5-6,8,11H2,1-2H3,(H,27,28);4-7,9-10H,8,11-12H2,1-3H3,(H,25,26). The molecule has 0 spiro atoms. The van der Waals surface area contributed by atoms with Crippen molar-refractivity contribution in [2.45, 2.75) is 126 Å². The van der Waals surface area contributed by atoms with E-state index in [0.29, 0.717) is 93.1 Å². The number of rotatable bonds is 12. The number of benzene rings is 6. The average Bonchev–Trinajstić information content (AvgIpc) is 1.12. The van der Waals surface area contributed by atoms with Crippen LogP contribution >= 0.6 is 0 Å². The Morgan fingerprint density at radius 2 is 0.891 bits per heavy atom. The van der Waals surface area contributed by atoms with Gasteiger partial charge in [0, 0.05) is 92.6 Å². The highest BCUT2D eigenvalue weighted by Crippen LogP contribution is 2.45. The summed E-state index contributed by atoms with van der Waals surface area (Å²) in [6, 6.07) is 22.7. The Balaban J connectivity index is 0.000000151. The first kappa shape index (κ1) is 66.6. The second-order valence-electron chi connectivity index (χ2n) is 24.4. The number of halogens is 7. The number of carbonyl (C=O) groups is 3. The van der Waals surface area contributed by atoms with E-state index >= 15 is 0 Å². The molecule has 6 aromatic carbocycles. The number of alkyl halides is 4. The number of aryl methyl sites for hydroxylation is 2. The quantitative estimate of drug-likeness (QED) is 0.0970. The normalized spacial score (nSPS) is 17.1. The van der Waals surface area contributed by atoms with E-state index in [1.807, 2.05) is 26.8 Å². The van der Waals surface area contributed by atoms with Gasteiger partial charge in [0.15, 0.2) is 19.7 Å². The van der Waals surface area contributed by atoms with Crippen molar-refractivity contribution < 1.29 is 85.7 Å². The summed E-state index contributed by atoms with van der Waals surface area (Å²) in [5, 5.41) is 29.4. The van der Waals surface area contributed by atoms with Gasteiger partial charge in [-0.1, -0.05) is 26.0 Å². The molecule has 26 heteroatoms. The van der Waals surface area contributed by atoms with Crippen molar-refractivity contribution >= 4 is 80.3 Å². The Morgan fingerprint density at radius 1 is 0.489 bits per heavy atom. The molecule has 0 aliphatic carbocycles. The predicted octanol–water partition coefficient (Wildman–Crippen LogP) is 12.0. The lowest BCUT2D eigenvalue weighted by molar-refractivity contribution is -0.138. The molecule has 92 heavy (non-hydrogen) atoms. The van der Waals surface area contributed by atoms with Crippen molar-refractivity contribution in [3.8, 4) is 0 Å². The predicted molar refractivity (Wildman–Crippen MR) is 329 cm³/mol. The number of fused-ring (bicyclic) bond motifs is 6. The van der Waals surface area contributed by atoms with E-state index in [0.717, 1.165) is 29.4 Å². The Labute approximate surface area is 525 Å². The van der Waals surface area contributed by atoms with Crippen LogP contribution in [-0.4, -0.2) is 102 Å². The molecule has 3 aliphatic heterocycles. The number of nitrogens with zero attached hydrogens (tertiary/aromatic N) is 4. The van der Waals surface area contributed by atoms with Crippen LogP contribution in [0.3, 0.4) is 0 Å². The molecule has 0 unspecified atom stereocenters. The van der Waals surface area contributed by atoms with Gasteiger partial charge >= 0.3 is 17.9 Å². The van der Waals surface area contributed by atoms with Crippen molar-refractivity contribution in [1.29, 1.82) is 0 Å². The fraction of sp³-hybridized carbons (Fsp3) is 0.318. The minimum atomic E-state index is -4.03. The van der Waals surface area contributed by atoms with Crippen LogP contribution in [-0.2, 0) is 100 Å². The van der Waals surface area contributed by atoms with Gasteiger partial charge in [0.25, 0.3) is 11.8 Å². The van der Waals surface area contributed by atoms with E-state index in [-0.39, 0.29) is 48.9 Å². The second kappa shape index (κ2) is 23.7. The Morgan fingerprint density at radius 3 is 1.32 bits per heavy atom. The number of aliphatic carboxylic acids is 3. The van der Waals surface area contributed by atoms with Gasteiger partial charge in [0.2, 0.25) is 10.0 Å². The average molecular weight is 1330 g/mol. The first-order chi connectivity index (χ1) is 42.7. The van der Waals surface area contributed by atoms with Gasteiger partial charge in [-0.3, -0.25) is 14.4 Å². The molecule has 0 amide bonds. The van der Waals surface area contributed by atoms with Gasteiger partial charge in [-0.15, -0.1) is 0 Å². The zero-order valence-corrected chi connectivity index (χ0v) is 53.4. The summed E-state index contributed by atoms with van der Waals surface area (Å²) in [5.74, 6) is -11.6. The number of hydrogen-bond donors (Lipinski definition) is 3. The SMILES string of the molecule is Cc1c(Cc2ccc3c(c2)C(C)(C)CS3(=O)=O)c2cc(F)ccc2n1CC(=O)O.Cc1cc2c(cc1Cc1c(C)n(CC(=O)O)c3ccc(F)cc13)C(F)(F)CCS2(=O)=O.Cc1cc2c(cc1Cc1c(C)n(CC(=O)O)c3ccc(F)cc13)C(F)(F)CN(C)S2(=O)=O. The van der Waals surface area contributed by atoms with Crippen molar-refractivity contribution in [3.63, 3.8) is 0 Å². The molecule has 0 saturated carbocycles. The van der Waals surface area contributed by atoms with Crippen LogP contribution in [0.25, 0.3) is 32.7 Å². The van der Waals surface area contributed by atoms with Crippen LogP contribution in [0.4, 0.5) is 30.7 Å². The fourth-order valence-electron chi connectivity index (χ4n) is 13.0. The van der Waals surface area contributed by atoms with E-state index in [9.17, 15) is 85.7 Å². The summed E-state index contributed by atoms with van der Waals surface area (Å²) >= 11 is 0. The molecule has 6 heterocycles. The van der Waals surface area contributed by atoms with E-state index in [1.54, 1.807) is 55.0 Å². The first-order valence-electron chi connectivity index (χ1n) is 28.8. The molecule has 9 aromatic rings. The second-order valence-corrected chi connectivity index (χ2v) is 30.5. The number of hydrogen-bond acceptors (Lipinski definition) is 9. The van der Waals surface area contributed by atoms with Gasteiger partial charge < -0.3 is 29.0 Å². The minimum absolute atomic E-state index is 0.0843. The van der Waals surface area contributed by atoms with Crippen LogP contribution < -0.4 is 0 Å². The molecule has 16 nitrogen and oxygen atoms in total. The topological polar surface area (TPSA) is 232 Å². The van der Waals surface area contributed by atoms with Crippen molar-refractivity contribution in [2.24, 2.45) is 0 Å². The maximum atomic E-state index is 14.7. The van der Waals surface area contributed by atoms with Crippen LogP contribution in [0.2, 0.25) is 0 Å². The third-order valence-corrected chi connectivity index (χ3v) is 23.4. The summed E-state index contributed by atoms with van der Waals surface area (Å²) in [6.45, 7) is 10.5. The summed E-state index contributed by atoms with van der Waals surface area (Å²) in [4.78, 5) is 33.6. The molecule has 3 N–H and O–H groups in total. The monoisotopic (exact) mass is 1330 g/mol. The maximum Gasteiger partial charge on any atom is 0.323 e. The van der Waals surface area contributed by atoms with Gasteiger partial charge in [-0.05, 0) is 176 Å². The van der Waals surface area contributed by atoms with Crippen LogP contribution in [0.5, 0.6) is 0 Å². The lowest BCUT2D eigenvalue weighted by Gasteiger charge is -2.32. The smallest absolute Gasteiger partial charge is 0.323 e. The molecule has 0 radical (unpaired) electrons. The van der Waals surface area contributed by atoms with Crippen LogP contribution in [0, 0.1) is 52.1 Å². The minimum Gasteiger partial charge on any atom is -0.480 e. The van der Waals surface area contributed by atoms with E-state index in [2.05, 4.69) is 0 Å². The molecule has 3 aromatic heterocycles. The summed E-state index contributed by atoms with van der Waals surface area (Å²) < 4.78 is 180. The molecule has 0 saturated heterocycles. The summed E-state index contributed by atoms with van der Waals surface area (Å²) in [6.07, 6.45) is -0.0636. The number of sulfone groups is 2. The lowest BCUT2D eigenvalue weighted by atomic mass is 9.85. The number of sulfonamides is 1. The van der Waals surface area contributed by atoms with E-state index < -0.39 is 111 Å².